The van der Waals surface area contributed by atoms with Crippen molar-refractivity contribution in [2.24, 2.45) is 0 Å². The fourth-order valence-corrected chi connectivity index (χ4v) is 3.01. The van der Waals surface area contributed by atoms with E-state index < -0.39 is 5.91 Å². The van der Waals surface area contributed by atoms with Gasteiger partial charge in [-0.2, -0.15) is 0 Å². The lowest BCUT2D eigenvalue weighted by Crippen LogP contribution is -2.12. The summed E-state index contributed by atoms with van der Waals surface area (Å²) in [4.78, 5) is 17.6. The molecule has 2 N–H and O–H groups in total. The summed E-state index contributed by atoms with van der Waals surface area (Å²) in [5.41, 5.74) is 3.12. The second-order valence-electron chi connectivity index (χ2n) is 6.05. The minimum atomic E-state index is -0.430. The van der Waals surface area contributed by atoms with Crippen molar-refractivity contribution in [1.29, 1.82) is 0 Å². The Bertz CT molecular complexity index is 1100. The predicted octanol–water partition coefficient (Wildman–Crippen LogP) is 4.32. The van der Waals surface area contributed by atoms with Crippen LogP contribution in [0.5, 0.6) is 11.5 Å². The highest BCUT2D eigenvalue weighted by molar-refractivity contribution is 6.02. The lowest BCUT2D eigenvalue weighted by Gasteiger charge is -2.11. The summed E-state index contributed by atoms with van der Waals surface area (Å²) in [5.74, 6) is -0.821. The van der Waals surface area contributed by atoms with Crippen molar-refractivity contribution in [3.05, 3.63) is 90.8 Å². The Morgan fingerprint density at radius 2 is 1.44 bits per heavy atom. The Morgan fingerprint density at radius 3 is 2.07 bits per heavy atom. The maximum absolute atomic E-state index is 13.1. The van der Waals surface area contributed by atoms with Crippen LogP contribution in [0.15, 0.2) is 85.2 Å². The van der Waals surface area contributed by atoms with Gasteiger partial charge in [0.25, 0.3) is 5.91 Å². The molecule has 0 aliphatic carbocycles. The molecule has 0 bridgehead atoms. The van der Waals surface area contributed by atoms with Crippen molar-refractivity contribution >= 4 is 5.91 Å². The van der Waals surface area contributed by atoms with Crippen LogP contribution in [0.2, 0.25) is 0 Å². The Hall–Kier alpha value is -3.86. The number of hydrogen-bond acceptors (Lipinski definition) is 4. The highest BCUT2D eigenvalue weighted by Gasteiger charge is 2.22. The maximum atomic E-state index is 13.1. The van der Waals surface area contributed by atoms with Gasteiger partial charge < -0.3 is 10.2 Å². The number of carbonyl (C=O) groups excluding carboxylic acids is 1. The Labute approximate surface area is 155 Å². The molecule has 0 spiro atoms. The average molecular weight is 356 g/mol. The molecular weight excluding hydrogens is 340 g/mol. The topological polar surface area (TPSA) is 75.3 Å². The molecule has 5 heteroatoms. The van der Waals surface area contributed by atoms with E-state index in [2.05, 4.69) is 4.98 Å². The van der Waals surface area contributed by atoms with Crippen LogP contribution in [0.25, 0.3) is 22.5 Å². The normalized spacial score (nSPS) is 10.7. The number of imidazole rings is 1. The zero-order valence-corrected chi connectivity index (χ0v) is 14.3. The first kappa shape index (κ1) is 16.6. The van der Waals surface area contributed by atoms with Crippen molar-refractivity contribution < 1.29 is 15.0 Å². The average Bonchev–Trinajstić information content (AvgIpc) is 3.14. The van der Waals surface area contributed by atoms with Crippen LogP contribution in [-0.2, 0) is 0 Å². The van der Waals surface area contributed by atoms with Crippen LogP contribution in [-0.4, -0.2) is 25.7 Å². The number of phenolic OH excluding ortho intramolecular Hbond substituents is 2. The van der Waals surface area contributed by atoms with E-state index in [1.54, 1.807) is 0 Å². The molecule has 0 unspecified atom stereocenters. The number of benzene rings is 3. The molecule has 0 aliphatic heterocycles. The fraction of sp³-hybridized carbons (Fsp3) is 0. The maximum Gasteiger partial charge on any atom is 0.267 e. The van der Waals surface area contributed by atoms with E-state index in [4.69, 9.17) is 0 Å². The lowest BCUT2D eigenvalue weighted by atomic mass is 10.0. The van der Waals surface area contributed by atoms with Crippen LogP contribution >= 0.6 is 0 Å². The summed E-state index contributed by atoms with van der Waals surface area (Å²) in [7, 11) is 0. The molecule has 0 saturated heterocycles. The zero-order chi connectivity index (χ0) is 18.8. The quantitative estimate of drug-likeness (QED) is 0.573. The van der Waals surface area contributed by atoms with Gasteiger partial charge in [0, 0.05) is 17.2 Å². The molecule has 4 aromatic rings. The second kappa shape index (κ2) is 6.80. The fourth-order valence-electron chi connectivity index (χ4n) is 3.01. The van der Waals surface area contributed by atoms with E-state index in [1.165, 1.54) is 23.0 Å². The van der Waals surface area contributed by atoms with Gasteiger partial charge in [0.1, 0.15) is 17.8 Å². The van der Waals surface area contributed by atoms with Crippen LogP contribution in [0.4, 0.5) is 0 Å². The third-order valence-corrected chi connectivity index (χ3v) is 4.29. The molecule has 0 fully saturated rings. The summed E-state index contributed by atoms with van der Waals surface area (Å²) < 4.78 is 1.42. The van der Waals surface area contributed by atoms with Gasteiger partial charge in [0.15, 0.2) is 0 Å². The number of aromatic nitrogens is 2. The molecule has 1 aromatic heterocycles. The van der Waals surface area contributed by atoms with E-state index in [0.717, 1.165) is 17.2 Å². The number of hydrogen-bond donors (Lipinski definition) is 2. The van der Waals surface area contributed by atoms with Gasteiger partial charge in [-0.3, -0.25) is 9.36 Å². The van der Waals surface area contributed by atoms with E-state index in [-0.39, 0.29) is 17.1 Å². The minimum absolute atomic E-state index is 0.0852. The molecule has 4 rings (SSSR count). The van der Waals surface area contributed by atoms with Gasteiger partial charge in [-0.05, 0) is 12.1 Å². The van der Waals surface area contributed by atoms with E-state index in [0.29, 0.717) is 11.4 Å². The molecule has 0 amide bonds. The van der Waals surface area contributed by atoms with Crippen molar-refractivity contribution in [1.82, 2.24) is 9.55 Å². The summed E-state index contributed by atoms with van der Waals surface area (Å²) >= 11 is 0. The Morgan fingerprint density at radius 1 is 0.815 bits per heavy atom. The molecule has 0 aliphatic rings. The monoisotopic (exact) mass is 356 g/mol. The first-order chi connectivity index (χ1) is 13.1. The SMILES string of the molecule is O=C(c1ccc(O)cc1O)n1cnc(-c2ccccc2)c1-c1ccccc1. The van der Waals surface area contributed by atoms with Crippen molar-refractivity contribution in [3.63, 3.8) is 0 Å². The van der Waals surface area contributed by atoms with Crippen molar-refractivity contribution in [3.8, 4) is 34.0 Å². The highest BCUT2D eigenvalue weighted by atomic mass is 16.3. The molecule has 0 radical (unpaired) electrons. The van der Waals surface area contributed by atoms with Crippen LogP contribution in [0.3, 0.4) is 0 Å². The van der Waals surface area contributed by atoms with Gasteiger partial charge >= 0.3 is 0 Å². The third-order valence-electron chi connectivity index (χ3n) is 4.29. The summed E-state index contributed by atoms with van der Waals surface area (Å²) in [6.07, 6.45) is 1.46. The van der Waals surface area contributed by atoms with Crippen LogP contribution < -0.4 is 0 Å². The molecule has 27 heavy (non-hydrogen) atoms. The number of rotatable bonds is 3. The second-order valence-corrected chi connectivity index (χ2v) is 6.05. The standard InChI is InChI=1S/C22H16N2O3/c25-17-11-12-18(19(26)13-17)22(27)24-14-23-20(15-7-3-1-4-8-15)21(24)16-9-5-2-6-10-16/h1-14,25-26H. The summed E-state index contributed by atoms with van der Waals surface area (Å²) in [6.45, 7) is 0. The first-order valence-corrected chi connectivity index (χ1v) is 8.40. The number of nitrogens with zero attached hydrogens (tertiary/aromatic N) is 2. The lowest BCUT2D eigenvalue weighted by molar-refractivity contribution is 0.0959. The van der Waals surface area contributed by atoms with Gasteiger partial charge in [-0.15, -0.1) is 0 Å². The van der Waals surface area contributed by atoms with Crippen LogP contribution in [0, 0.1) is 0 Å². The van der Waals surface area contributed by atoms with E-state index in [1.807, 2.05) is 60.7 Å². The minimum Gasteiger partial charge on any atom is -0.508 e. The number of phenols is 2. The first-order valence-electron chi connectivity index (χ1n) is 8.40. The zero-order valence-electron chi connectivity index (χ0n) is 14.3. The Kier molecular flexibility index (Phi) is 4.18. The number of carbonyl (C=O) groups is 1. The van der Waals surface area contributed by atoms with Crippen molar-refractivity contribution in [2.45, 2.75) is 0 Å². The van der Waals surface area contributed by atoms with Gasteiger partial charge in [-0.25, -0.2) is 4.98 Å². The Balaban J connectivity index is 1.91. The van der Waals surface area contributed by atoms with Gasteiger partial charge in [0.2, 0.25) is 0 Å². The molecular formula is C22H16N2O3. The van der Waals surface area contributed by atoms with Gasteiger partial charge in [-0.1, -0.05) is 60.7 Å². The van der Waals surface area contributed by atoms with Crippen molar-refractivity contribution in [2.75, 3.05) is 0 Å². The van der Waals surface area contributed by atoms with Gasteiger partial charge in [0.05, 0.1) is 17.0 Å². The molecule has 5 nitrogen and oxygen atoms in total. The van der Waals surface area contributed by atoms with E-state index in [9.17, 15) is 15.0 Å². The molecule has 132 valence electrons. The van der Waals surface area contributed by atoms with Crippen LogP contribution in [0.1, 0.15) is 10.4 Å². The smallest absolute Gasteiger partial charge is 0.267 e. The largest absolute Gasteiger partial charge is 0.508 e. The molecule has 3 aromatic carbocycles. The molecule has 0 saturated carbocycles. The van der Waals surface area contributed by atoms with E-state index >= 15 is 0 Å². The highest BCUT2D eigenvalue weighted by Crippen LogP contribution is 2.33. The molecule has 0 atom stereocenters. The summed E-state index contributed by atoms with van der Waals surface area (Å²) in [6, 6.07) is 23.0. The third kappa shape index (κ3) is 3.06. The molecule has 1 heterocycles. The number of aromatic hydroxyl groups is 2. The summed E-state index contributed by atoms with van der Waals surface area (Å²) in [5, 5.41) is 19.6. The predicted molar refractivity (Wildman–Crippen MR) is 103 cm³/mol.